The predicted octanol–water partition coefficient (Wildman–Crippen LogP) is 7.72. The van der Waals surface area contributed by atoms with E-state index < -0.39 is 13.4 Å². The van der Waals surface area contributed by atoms with Crippen molar-refractivity contribution in [2.24, 2.45) is 0 Å². The third kappa shape index (κ3) is 10.9. The highest BCUT2D eigenvalue weighted by molar-refractivity contribution is 7.48. The van der Waals surface area contributed by atoms with Gasteiger partial charge in [-0.3, -0.25) is 33.1 Å². The number of nitrogens with zero attached hydrogens (tertiary/aromatic N) is 2. The van der Waals surface area contributed by atoms with Gasteiger partial charge in [-0.1, -0.05) is 0 Å². The number of phosphoric ester groups is 1. The van der Waals surface area contributed by atoms with E-state index in [1.165, 1.54) is 11.6 Å². The highest BCUT2D eigenvalue weighted by atomic mass is 31.2. The third-order valence-corrected chi connectivity index (χ3v) is 10.6. The summed E-state index contributed by atoms with van der Waals surface area (Å²) in [6, 6.07) is 11.4. The number of furan rings is 1. The number of aromatic nitrogens is 2. The van der Waals surface area contributed by atoms with E-state index in [0.29, 0.717) is 29.9 Å². The number of pyridine rings is 2. The lowest BCUT2D eigenvalue weighted by Crippen LogP contribution is -2.24. The molecule has 5 aromatic rings. The summed E-state index contributed by atoms with van der Waals surface area (Å²) >= 11 is 0. The van der Waals surface area contributed by atoms with Crippen molar-refractivity contribution < 1.29 is 36.6 Å². The molecule has 0 aliphatic carbocycles. The Labute approximate surface area is 314 Å². The van der Waals surface area contributed by atoms with Gasteiger partial charge in [0.2, 0.25) is 11.8 Å². The van der Waals surface area contributed by atoms with Gasteiger partial charge in [0, 0.05) is 66.3 Å². The Morgan fingerprint density at radius 1 is 0.778 bits per heavy atom. The monoisotopic (exact) mass is 760 g/mol. The molecule has 0 bridgehead atoms. The van der Waals surface area contributed by atoms with E-state index in [2.05, 4.69) is 26.7 Å². The van der Waals surface area contributed by atoms with Gasteiger partial charge in [0.05, 0.1) is 31.2 Å². The van der Waals surface area contributed by atoms with Crippen LogP contribution in [-0.4, -0.2) is 48.1 Å². The van der Waals surface area contributed by atoms with Crippen LogP contribution >= 0.6 is 7.82 Å². The molecule has 1 atom stereocenters. The van der Waals surface area contributed by atoms with Gasteiger partial charge in [-0.2, -0.15) is 0 Å². The zero-order valence-corrected chi connectivity index (χ0v) is 32.5. The van der Waals surface area contributed by atoms with Crippen LogP contribution in [0.4, 0.5) is 0 Å². The molecular weight excluding hydrogens is 711 g/mol. The van der Waals surface area contributed by atoms with E-state index in [-0.39, 0.29) is 57.4 Å². The van der Waals surface area contributed by atoms with Crippen molar-refractivity contribution in [1.82, 2.24) is 20.6 Å². The zero-order chi connectivity index (χ0) is 38.7. The highest BCUT2D eigenvalue weighted by Crippen LogP contribution is 2.49. The number of hydrogen-bond acceptors (Lipinski definition) is 11. The van der Waals surface area contributed by atoms with Crippen molar-refractivity contribution >= 4 is 41.6 Å². The normalized spacial score (nSPS) is 12.6. The van der Waals surface area contributed by atoms with Crippen LogP contribution < -0.4 is 16.3 Å². The van der Waals surface area contributed by atoms with Crippen molar-refractivity contribution in [3.8, 4) is 11.4 Å². The molecule has 2 N–H and O–H groups in total. The molecule has 2 amide bonds. The van der Waals surface area contributed by atoms with E-state index in [9.17, 15) is 18.9 Å². The van der Waals surface area contributed by atoms with Crippen molar-refractivity contribution in [2.75, 3.05) is 26.4 Å². The summed E-state index contributed by atoms with van der Waals surface area (Å²) in [6.45, 7) is 10.1. The van der Waals surface area contributed by atoms with Gasteiger partial charge in [0.25, 0.3) is 0 Å². The standard InChI is InChI=1S/C40H49N4O9P/c1-6-49-54(48,50-19-9-12-36(45)43-16-8-7-11-30-15-18-42-35(23-30)34-21-26(2)14-17-41-34)51-20-10-13-37(46)44-25-33-29(5)52-40-28(4)39-31(24-32(33)40)27(3)22-38(47)53-39/h14-15,17-18,21-24H,6-13,16,19-20,25H2,1-5H3,(H,43,45)(H,44,46). The van der Waals surface area contributed by atoms with Gasteiger partial charge in [-0.15, -0.1) is 0 Å². The maximum Gasteiger partial charge on any atom is 0.474 e. The average Bonchev–Trinajstić information content (AvgIpc) is 3.46. The molecule has 0 radical (unpaired) electrons. The number of carbonyl (C=O) groups is 2. The van der Waals surface area contributed by atoms with E-state index in [4.69, 9.17) is 22.4 Å². The maximum absolute atomic E-state index is 13.1. The molecule has 4 heterocycles. The second-order valence-corrected chi connectivity index (χ2v) is 14.9. The molecule has 13 nitrogen and oxygen atoms in total. The number of unbranched alkanes of at least 4 members (excludes halogenated alkanes) is 1. The summed E-state index contributed by atoms with van der Waals surface area (Å²) in [5, 5.41) is 7.50. The Morgan fingerprint density at radius 2 is 1.44 bits per heavy atom. The van der Waals surface area contributed by atoms with Crippen molar-refractivity contribution in [3.05, 3.63) is 92.8 Å². The number of fused-ring (bicyclic) bond motifs is 2. The fraction of sp³-hybridized carbons (Fsp3) is 0.425. The molecule has 288 valence electrons. The van der Waals surface area contributed by atoms with Gasteiger partial charge in [-0.05, 0) is 114 Å². The van der Waals surface area contributed by atoms with Gasteiger partial charge >= 0.3 is 13.4 Å². The number of amides is 2. The second-order valence-electron chi connectivity index (χ2n) is 13.2. The lowest BCUT2D eigenvalue weighted by molar-refractivity contribution is -0.122. The van der Waals surface area contributed by atoms with Crippen LogP contribution in [0.2, 0.25) is 0 Å². The molecular formula is C40H49N4O9P. The Kier molecular flexibility index (Phi) is 14.3. The van der Waals surface area contributed by atoms with Crippen molar-refractivity contribution in [1.29, 1.82) is 0 Å². The van der Waals surface area contributed by atoms with Crippen LogP contribution in [0.3, 0.4) is 0 Å². The van der Waals surface area contributed by atoms with Crippen LogP contribution in [0.25, 0.3) is 33.3 Å². The molecule has 0 fully saturated rings. The number of phosphoric acid groups is 1. The number of aryl methyl sites for hydroxylation is 5. The SMILES string of the molecule is CCOP(=O)(OCCCC(=O)NCCCCc1ccnc(-c2cc(C)ccn2)c1)OCCCC(=O)NCc1c(C)oc2c(C)c3oc(=O)cc(C)c3cc12. The first-order valence-electron chi connectivity index (χ1n) is 18.4. The molecule has 5 rings (SSSR count). The number of rotatable bonds is 20. The molecule has 54 heavy (non-hydrogen) atoms. The molecule has 14 heteroatoms. The summed E-state index contributed by atoms with van der Waals surface area (Å²) in [4.78, 5) is 45.9. The highest BCUT2D eigenvalue weighted by Gasteiger charge is 2.26. The molecule has 0 aliphatic rings. The number of nitrogens with one attached hydrogen (secondary N) is 2. The smallest absolute Gasteiger partial charge is 0.461 e. The van der Waals surface area contributed by atoms with Crippen LogP contribution in [0.15, 0.2) is 62.4 Å². The minimum absolute atomic E-state index is 0.0157. The van der Waals surface area contributed by atoms with Gasteiger partial charge in [-0.25, -0.2) is 9.36 Å². The van der Waals surface area contributed by atoms with Crippen molar-refractivity contribution in [3.63, 3.8) is 0 Å². The summed E-state index contributed by atoms with van der Waals surface area (Å²) in [6.07, 6.45) is 7.15. The number of benzene rings is 1. The van der Waals surface area contributed by atoms with Crippen molar-refractivity contribution in [2.45, 2.75) is 86.1 Å². The first kappa shape index (κ1) is 40.5. The quantitative estimate of drug-likeness (QED) is 0.0452. The molecule has 0 saturated heterocycles. The Morgan fingerprint density at radius 3 is 2.15 bits per heavy atom. The summed E-state index contributed by atoms with van der Waals surface area (Å²) in [7, 11) is -3.86. The van der Waals surface area contributed by atoms with Gasteiger partial charge < -0.3 is 19.5 Å². The van der Waals surface area contributed by atoms with Crippen LogP contribution in [0, 0.1) is 27.7 Å². The number of carbonyl (C=O) groups excluding carboxylic acids is 2. The molecule has 4 aromatic heterocycles. The molecule has 0 aliphatic heterocycles. The van der Waals surface area contributed by atoms with E-state index in [0.717, 1.165) is 63.7 Å². The first-order valence-corrected chi connectivity index (χ1v) is 19.8. The van der Waals surface area contributed by atoms with Gasteiger partial charge in [0.1, 0.15) is 16.9 Å². The lowest BCUT2D eigenvalue weighted by Gasteiger charge is -2.17. The third-order valence-electron chi connectivity index (χ3n) is 8.99. The van der Waals surface area contributed by atoms with E-state index in [1.54, 1.807) is 19.3 Å². The Bertz CT molecular complexity index is 2200. The average molecular weight is 761 g/mol. The first-order chi connectivity index (χ1) is 26.0. The van der Waals surface area contributed by atoms with E-state index in [1.807, 2.05) is 52.0 Å². The van der Waals surface area contributed by atoms with Gasteiger partial charge in [0.15, 0.2) is 0 Å². The van der Waals surface area contributed by atoms with Crippen LogP contribution in [-0.2, 0) is 40.7 Å². The fourth-order valence-electron chi connectivity index (χ4n) is 6.15. The Balaban J connectivity index is 0.969. The minimum atomic E-state index is -3.86. The maximum atomic E-state index is 13.1. The topological polar surface area (TPSA) is 172 Å². The predicted molar refractivity (Wildman–Crippen MR) is 206 cm³/mol. The summed E-state index contributed by atoms with van der Waals surface area (Å²) in [5.41, 5.74) is 7.03. The van der Waals surface area contributed by atoms with E-state index >= 15 is 0 Å². The van der Waals surface area contributed by atoms with Crippen LogP contribution in [0.1, 0.15) is 79.0 Å². The number of hydrogen-bond donors (Lipinski definition) is 2. The zero-order valence-electron chi connectivity index (χ0n) is 31.6. The largest absolute Gasteiger partial charge is 0.474 e. The molecule has 0 saturated carbocycles. The summed E-state index contributed by atoms with van der Waals surface area (Å²) in [5.74, 6) is 0.328. The minimum Gasteiger partial charge on any atom is -0.461 e. The fourth-order valence-corrected chi connectivity index (χ4v) is 7.40. The summed E-state index contributed by atoms with van der Waals surface area (Å²) < 4.78 is 40.7. The molecule has 1 aromatic carbocycles. The molecule has 1 unspecified atom stereocenters. The molecule has 0 spiro atoms. The lowest BCUT2D eigenvalue weighted by atomic mass is 10.0. The second kappa shape index (κ2) is 19.1. The van der Waals surface area contributed by atoms with Crippen LogP contribution in [0.5, 0.6) is 0 Å². The Hall–Kier alpha value is -4.68.